The third-order valence-corrected chi connectivity index (χ3v) is 4.57. The minimum Gasteiger partial charge on any atom is -0.352 e. The maximum absolute atomic E-state index is 13.1. The Kier molecular flexibility index (Phi) is 6.53. The Hall–Kier alpha value is -4.20. The minimum atomic E-state index is -4.65. The topological polar surface area (TPSA) is 114 Å². The summed E-state index contributed by atoms with van der Waals surface area (Å²) in [7, 11) is 0. The van der Waals surface area contributed by atoms with E-state index in [2.05, 4.69) is 10.4 Å². The van der Waals surface area contributed by atoms with Gasteiger partial charge in [-0.1, -0.05) is 0 Å². The summed E-state index contributed by atoms with van der Waals surface area (Å²) in [6.07, 6.45) is -2.14. The number of rotatable bonds is 7. The lowest BCUT2D eigenvalue weighted by Gasteiger charge is -2.10. The molecule has 0 spiro atoms. The summed E-state index contributed by atoms with van der Waals surface area (Å²) in [5, 5.41) is 26.5. The first kappa shape index (κ1) is 22.5. The number of aryl methyl sites for hydroxylation is 1. The number of benzene rings is 2. The summed E-state index contributed by atoms with van der Waals surface area (Å²) in [6.45, 7) is 0.317. The predicted molar refractivity (Wildman–Crippen MR) is 107 cm³/mol. The van der Waals surface area contributed by atoms with Crippen molar-refractivity contribution < 1.29 is 22.9 Å². The van der Waals surface area contributed by atoms with Crippen LogP contribution >= 0.6 is 0 Å². The van der Waals surface area contributed by atoms with E-state index in [1.54, 1.807) is 6.07 Å². The van der Waals surface area contributed by atoms with E-state index >= 15 is 0 Å². The average molecular weight is 443 g/mol. The smallest absolute Gasteiger partial charge is 0.352 e. The average Bonchev–Trinajstić information content (AvgIpc) is 3.24. The first-order valence-corrected chi connectivity index (χ1v) is 9.38. The highest BCUT2D eigenvalue weighted by molar-refractivity contribution is 5.94. The molecule has 0 unspecified atom stereocenters. The molecule has 0 radical (unpaired) electrons. The van der Waals surface area contributed by atoms with Gasteiger partial charge in [-0.05, 0) is 49.2 Å². The predicted octanol–water partition coefficient (Wildman–Crippen LogP) is 4.03. The molecule has 3 rings (SSSR count). The number of carbonyl (C=O) groups excluding carboxylic acids is 1. The number of nitriles is 1. The molecule has 0 bridgehead atoms. The highest BCUT2D eigenvalue weighted by atomic mass is 19.4. The number of nitrogens with zero attached hydrogens (tertiary/aromatic N) is 4. The molecule has 3 aromatic rings. The molecule has 0 aliphatic rings. The second-order valence-corrected chi connectivity index (χ2v) is 6.75. The summed E-state index contributed by atoms with van der Waals surface area (Å²) < 4.78 is 40.7. The highest BCUT2D eigenvalue weighted by Crippen LogP contribution is 2.33. The number of nitro groups is 1. The van der Waals surface area contributed by atoms with Gasteiger partial charge in [-0.3, -0.25) is 14.9 Å². The Morgan fingerprint density at radius 2 is 1.91 bits per heavy atom. The molecular weight excluding hydrogens is 427 g/mol. The van der Waals surface area contributed by atoms with E-state index < -0.39 is 22.2 Å². The number of halogens is 3. The van der Waals surface area contributed by atoms with E-state index in [9.17, 15) is 28.1 Å². The number of aromatic nitrogens is 2. The van der Waals surface area contributed by atoms with E-state index in [0.29, 0.717) is 30.6 Å². The normalized spacial score (nSPS) is 11.1. The van der Waals surface area contributed by atoms with Gasteiger partial charge in [-0.2, -0.15) is 23.5 Å². The SMILES string of the molecule is N#Cc1ccc(-n2ccc(CCCNC(=O)c3ccc([N+](=O)[O-])cc3)n2)cc1C(F)(F)F. The number of alkyl halides is 3. The first-order chi connectivity index (χ1) is 15.2. The van der Waals surface area contributed by atoms with E-state index in [1.807, 2.05) is 0 Å². The Bertz CT molecular complexity index is 1180. The van der Waals surface area contributed by atoms with Crippen LogP contribution in [0.5, 0.6) is 0 Å². The van der Waals surface area contributed by atoms with E-state index in [1.165, 1.54) is 47.3 Å². The van der Waals surface area contributed by atoms with Gasteiger partial charge in [-0.25, -0.2) is 4.68 Å². The fraction of sp³-hybridized carbons (Fsp3) is 0.190. The zero-order valence-corrected chi connectivity index (χ0v) is 16.5. The summed E-state index contributed by atoms with van der Waals surface area (Å²) in [5.74, 6) is -0.373. The zero-order chi connectivity index (χ0) is 23.3. The van der Waals surface area contributed by atoms with Gasteiger partial charge in [0, 0.05) is 30.4 Å². The van der Waals surface area contributed by atoms with Crippen molar-refractivity contribution in [2.24, 2.45) is 0 Å². The Labute approximate surface area is 180 Å². The Morgan fingerprint density at radius 1 is 1.19 bits per heavy atom. The number of nitrogens with one attached hydrogen (secondary N) is 1. The molecule has 0 aliphatic carbocycles. The summed E-state index contributed by atoms with van der Waals surface area (Å²) >= 11 is 0. The Balaban J connectivity index is 1.56. The van der Waals surface area contributed by atoms with Crippen LogP contribution in [-0.4, -0.2) is 27.2 Å². The van der Waals surface area contributed by atoms with Crippen LogP contribution in [0.25, 0.3) is 5.69 Å². The molecule has 1 heterocycles. The largest absolute Gasteiger partial charge is 0.417 e. The second kappa shape index (κ2) is 9.30. The molecule has 0 fully saturated rings. The van der Waals surface area contributed by atoms with E-state index in [0.717, 1.165) is 12.1 Å². The molecule has 164 valence electrons. The van der Waals surface area contributed by atoms with E-state index in [4.69, 9.17) is 5.26 Å². The molecule has 0 aliphatic heterocycles. The number of hydrogen-bond donors (Lipinski definition) is 1. The van der Waals surface area contributed by atoms with Gasteiger partial charge in [0.15, 0.2) is 0 Å². The van der Waals surface area contributed by atoms with E-state index in [-0.39, 0.29) is 17.3 Å². The van der Waals surface area contributed by atoms with Crippen LogP contribution in [0, 0.1) is 21.4 Å². The van der Waals surface area contributed by atoms with Crippen molar-refractivity contribution in [3.8, 4) is 11.8 Å². The monoisotopic (exact) mass is 443 g/mol. The summed E-state index contributed by atoms with van der Waals surface area (Å²) in [4.78, 5) is 22.2. The van der Waals surface area contributed by atoms with Crippen molar-refractivity contribution in [2.45, 2.75) is 19.0 Å². The molecule has 1 amide bonds. The first-order valence-electron chi connectivity index (χ1n) is 9.38. The van der Waals surface area contributed by atoms with Gasteiger partial charge < -0.3 is 5.32 Å². The van der Waals surface area contributed by atoms with Crippen LogP contribution in [0.15, 0.2) is 54.7 Å². The third-order valence-electron chi connectivity index (χ3n) is 4.57. The molecule has 0 saturated heterocycles. The van der Waals surface area contributed by atoms with Crippen LogP contribution < -0.4 is 5.32 Å². The van der Waals surface area contributed by atoms with Crippen LogP contribution in [0.3, 0.4) is 0 Å². The maximum Gasteiger partial charge on any atom is 0.417 e. The summed E-state index contributed by atoms with van der Waals surface area (Å²) in [6, 6.07) is 11.8. The molecule has 8 nitrogen and oxygen atoms in total. The quantitative estimate of drug-likeness (QED) is 0.336. The number of non-ortho nitro benzene ring substituents is 1. The molecule has 32 heavy (non-hydrogen) atoms. The molecule has 1 N–H and O–H groups in total. The van der Waals surface area contributed by atoms with Crippen molar-refractivity contribution in [1.29, 1.82) is 5.26 Å². The molecular formula is C21H16F3N5O3. The maximum atomic E-state index is 13.1. The second-order valence-electron chi connectivity index (χ2n) is 6.75. The highest BCUT2D eigenvalue weighted by Gasteiger charge is 2.34. The van der Waals surface area contributed by atoms with Crippen LogP contribution in [0.4, 0.5) is 18.9 Å². The molecule has 11 heteroatoms. The van der Waals surface area contributed by atoms with Gasteiger partial charge in [0.25, 0.3) is 11.6 Å². The van der Waals surface area contributed by atoms with Gasteiger partial charge in [0.2, 0.25) is 0 Å². The third kappa shape index (κ3) is 5.28. The van der Waals surface area contributed by atoms with Gasteiger partial charge in [0.05, 0.1) is 33.5 Å². The number of nitro benzene ring substituents is 1. The molecule has 1 aromatic heterocycles. The Morgan fingerprint density at radius 3 is 2.53 bits per heavy atom. The van der Waals surface area contributed by atoms with Crippen molar-refractivity contribution in [2.75, 3.05) is 6.54 Å². The molecule has 2 aromatic carbocycles. The lowest BCUT2D eigenvalue weighted by molar-refractivity contribution is -0.384. The van der Waals surface area contributed by atoms with Crippen molar-refractivity contribution in [3.63, 3.8) is 0 Å². The lowest BCUT2D eigenvalue weighted by Crippen LogP contribution is -2.24. The fourth-order valence-corrected chi connectivity index (χ4v) is 2.95. The standard InChI is InChI=1S/C21H16F3N5O3/c22-21(23,24)19-12-18(8-5-15(19)13-25)28-11-9-16(27-28)2-1-10-26-20(30)14-3-6-17(7-4-14)29(31)32/h3-9,11-12H,1-2,10H2,(H,26,30). The number of amides is 1. The van der Waals surface area contributed by atoms with Crippen LogP contribution in [0.2, 0.25) is 0 Å². The van der Waals surface area contributed by atoms with Gasteiger partial charge in [0.1, 0.15) is 0 Å². The lowest BCUT2D eigenvalue weighted by atomic mass is 10.1. The van der Waals surface area contributed by atoms with Crippen molar-refractivity contribution >= 4 is 11.6 Å². The van der Waals surface area contributed by atoms with Crippen LogP contribution in [0.1, 0.15) is 33.6 Å². The fourth-order valence-electron chi connectivity index (χ4n) is 2.95. The zero-order valence-electron chi connectivity index (χ0n) is 16.5. The van der Waals surface area contributed by atoms with Gasteiger partial charge in [-0.15, -0.1) is 0 Å². The number of carbonyl (C=O) groups is 1. The van der Waals surface area contributed by atoms with Crippen molar-refractivity contribution in [1.82, 2.24) is 15.1 Å². The summed E-state index contributed by atoms with van der Waals surface area (Å²) in [5.41, 5.74) is -0.509. The number of hydrogen-bond acceptors (Lipinski definition) is 5. The van der Waals surface area contributed by atoms with Crippen molar-refractivity contribution in [3.05, 3.63) is 87.2 Å². The van der Waals surface area contributed by atoms with Crippen LogP contribution in [-0.2, 0) is 12.6 Å². The molecule has 0 atom stereocenters. The molecule has 0 saturated carbocycles. The minimum absolute atomic E-state index is 0.109. The van der Waals surface area contributed by atoms with Gasteiger partial charge >= 0.3 is 6.18 Å².